The molecule has 0 aromatic heterocycles. The molecule has 1 N–H and O–H groups in total. The molecule has 31 heavy (non-hydrogen) atoms. The van der Waals surface area contributed by atoms with E-state index in [0.717, 1.165) is 16.9 Å². The number of benzene rings is 2. The lowest BCUT2D eigenvalue weighted by molar-refractivity contribution is -0.140. The van der Waals surface area contributed by atoms with E-state index in [4.69, 9.17) is 23.2 Å². The van der Waals surface area contributed by atoms with Crippen LogP contribution in [0.4, 0.5) is 0 Å². The fraction of sp³-hybridized carbons (Fsp3) is 0.417. The van der Waals surface area contributed by atoms with Crippen molar-refractivity contribution in [2.24, 2.45) is 0 Å². The first-order valence-corrected chi connectivity index (χ1v) is 12.2. The molecular formula is C24H30Cl2N2O2S. The molecule has 2 atom stereocenters. The third kappa shape index (κ3) is 8.06. The highest BCUT2D eigenvalue weighted by Gasteiger charge is 2.27. The summed E-state index contributed by atoms with van der Waals surface area (Å²) in [5.74, 6) is 0.378. The molecule has 2 aromatic carbocycles. The van der Waals surface area contributed by atoms with E-state index in [1.165, 1.54) is 5.56 Å². The third-order valence-corrected chi connectivity index (χ3v) is 6.73. The summed E-state index contributed by atoms with van der Waals surface area (Å²) in [6, 6.07) is 12.8. The van der Waals surface area contributed by atoms with E-state index in [-0.39, 0.29) is 24.4 Å². The second-order valence-corrected chi connectivity index (χ2v) is 9.67. The molecule has 0 unspecified atom stereocenters. The molecule has 2 rings (SSSR count). The van der Waals surface area contributed by atoms with Crippen LogP contribution in [0.5, 0.6) is 0 Å². The van der Waals surface area contributed by atoms with Crippen molar-refractivity contribution in [2.75, 3.05) is 5.75 Å². The zero-order chi connectivity index (χ0) is 23.0. The quantitative estimate of drug-likeness (QED) is 0.416. The van der Waals surface area contributed by atoms with Gasteiger partial charge in [0.05, 0.1) is 0 Å². The Morgan fingerprint density at radius 2 is 1.77 bits per heavy atom. The first-order valence-electron chi connectivity index (χ1n) is 10.4. The van der Waals surface area contributed by atoms with Gasteiger partial charge in [0.1, 0.15) is 6.04 Å². The van der Waals surface area contributed by atoms with Crippen molar-refractivity contribution in [2.45, 2.75) is 64.1 Å². The number of nitrogens with zero attached hydrogens (tertiary/aromatic N) is 1. The van der Waals surface area contributed by atoms with Gasteiger partial charge in [0.25, 0.3) is 0 Å². The maximum absolute atomic E-state index is 13.1. The van der Waals surface area contributed by atoms with Crippen LogP contribution in [0.25, 0.3) is 0 Å². The number of hydrogen-bond acceptors (Lipinski definition) is 3. The van der Waals surface area contributed by atoms with E-state index >= 15 is 0 Å². The average molecular weight is 481 g/mol. The van der Waals surface area contributed by atoms with Gasteiger partial charge in [-0.2, -0.15) is 0 Å². The molecule has 0 saturated carbocycles. The Morgan fingerprint density at radius 1 is 1.10 bits per heavy atom. The monoisotopic (exact) mass is 480 g/mol. The molecule has 0 aliphatic carbocycles. The molecule has 0 spiro atoms. The minimum Gasteiger partial charge on any atom is -0.352 e. The average Bonchev–Trinajstić information content (AvgIpc) is 2.73. The molecule has 0 bridgehead atoms. The van der Waals surface area contributed by atoms with Gasteiger partial charge in [-0.05, 0) is 57.0 Å². The van der Waals surface area contributed by atoms with E-state index in [2.05, 4.69) is 29.6 Å². The first-order chi connectivity index (χ1) is 14.7. The number of hydrogen-bond donors (Lipinski definition) is 1. The van der Waals surface area contributed by atoms with Crippen LogP contribution in [0, 0.1) is 6.92 Å². The SMILES string of the molecule is CC[C@H](C)NC(=O)[C@@H](C)N(Cc1ccc(Cl)cc1Cl)C(=O)CCSc1ccc(C)cc1. The van der Waals surface area contributed by atoms with Crippen LogP contribution >= 0.6 is 35.0 Å². The fourth-order valence-electron chi connectivity index (χ4n) is 2.92. The standard InChI is InChI=1S/C24H30Cl2N2O2S/c1-5-17(3)27-24(30)18(4)28(15-19-8-9-20(25)14-22(19)26)23(29)12-13-31-21-10-6-16(2)7-11-21/h6-11,14,17-18H,5,12-13,15H2,1-4H3,(H,27,30)/t17-,18+/m0/s1. The largest absolute Gasteiger partial charge is 0.352 e. The summed E-state index contributed by atoms with van der Waals surface area (Å²) in [4.78, 5) is 28.6. The van der Waals surface area contributed by atoms with Crippen molar-refractivity contribution in [3.05, 3.63) is 63.6 Å². The molecule has 0 radical (unpaired) electrons. The maximum atomic E-state index is 13.1. The Balaban J connectivity index is 2.11. The van der Waals surface area contributed by atoms with Crippen LogP contribution in [0.1, 0.15) is 44.7 Å². The Bertz CT molecular complexity index is 890. The van der Waals surface area contributed by atoms with Gasteiger partial charge in [0.2, 0.25) is 11.8 Å². The van der Waals surface area contributed by atoms with Gasteiger partial charge in [-0.1, -0.05) is 53.9 Å². The van der Waals surface area contributed by atoms with Crippen LogP contribution in [-0.4, -0.2) is 34.6 Å². The van der Waals surface area contributed by atoms with Crippen molar-refractivity contribution in [3.63, 3.8) is 0 Å². The number of carbonyl (C=O) groups excluding carboxylic acids is 2. The summed E-state index contributed by atoms with van der Waals surface area (Å²) in [7, 11) is 0. The second-order valence-electron chi connectivity index (χ2n) is 7.66. The van der Waals surface area contributed by atoms with E-state index in [1.807, 2.05) is 20.8 Å². The van der Waals surface area contributed by atoms with E-state index in [0.29, 0.717) is 22.2 Å². The summed E-state index contributed by atoms with van der Waals surface area (Å²) in [6.45, 7) is 8.01. The molecule has 0 fully saturated rings. The highest BCUT2D eigenvalue weighted by molar-refractivity contribution is 7.99. The van der Waals surface area contributed by atoms with Crippen molar-refractivity contribution in [1.82, 2.24) is 10.2 Å². The summed E-state index contributed by atoms with van der Waals surface area (Å²) >= 11 is 14.0. The number of amides is 2. The fourth-order valence-corrected chi connectivity index (χ4v) is 4.23. The van der Waals surface area contributed by atoms with Crippen molar-refractivity contribution >= 4 is 46.8 Å². The van der Waals surface area contributed by atoms with Gasteiger partial charge >= 0.3 is 0 Å². The van der Waals surface area contributed by atoms with E-state index in [9.17, 15) is 9.59 Å². The summed E-state index contributed by atoms with van der Waals surface area (Å²) in [6.07, 6.45) is 1.15. The highest BCUT2D eigenvalue weighted by atomic mass is 35.5. The van der Waals surface area contributed by atoms with Crippen LogP contribution in [0.3, 0.4) is 0 Å². The lowest BCUT2D eigenvalue weighted by atomic mass is 10.1. The lowest BCUT2D eigenvalue weighted by Gasteiger charge is -2.30. The Labute approximate surface area is 199 Å². The first kappa shape index (κ1) is 25.6. The van der Waals surface area contributed by atoms with Crippen molar-refractivity contribution in [1.29, 1.82) is 0 Å². The maximum Gasteiger partial charge on any atom is 0.242 e. The third-order valence-electron chi connectivity index (χ3n) is 5.13. The van der Waals surface area contributed by atoms with Crippen LogP contribution in [-0.2, 0) is 16.1 Å². The summed E-state index contributed by atoms with van der Waals surface area (Å²) < 4.78 is 0. The minimum atomic E-state index is -0.613. The van der Waals surface area contributed by atoms with Crippen molar-refractivity contribution < 1.29 is 9.59 Å². The Hall–Kier alpha value is -1.69. The Kier molecular flexibility index (Phi) is 10.2. The molecule has 168 valence electrons. The van der Waals surface area contributed by atoms with Gasteiger partial charge in [0, 0.05) is 39.7 Å². The highest BCUT2D eigenvalue weighted by Crippen LogP contribution is 2.24. The lowest BCUT2D eigenvalue weighted by Crippen LogP contribution is -2.49. The normalized spacial score (nSPS) is 12.8. The molecule has 2 aromatic rings. The van der Waals surface area contributed by atoms with E-state index in [1.54, 1.807) is 41.8 Å². The number of nitrogens with one attached hydrogen (secondary N) is 1. The number of carbonyl (C=O) groups is 2. The molecule has 2 amide bonds. The Morgan fingerprint density at radius 3 is 2.39 bits per heavy atom. The molecule has 0 aliphatic heterocycles. The predicted molar refractivity (Wildman–Crippen MR) is 131 cm³/mol. The summed E-state index contributed by atoms with van der Waals surface area (Å²) in [5.41, 5.74) is 1.96. The zero-order valence-corrected chi connectivity index (χ0v) is 20.8. The topological polar surface area (TPSA) is 49.4 Å². The van der Waals surface area contributed by atoms with E-state index < -0.39 is 6.04 Å². The van der Waals surface area contributed by atoms with Crippen LogP contribution in [0.2, 0.25) is 10.0 Å². The van der Waals surface area contributed by atoms with Gasteiger partial charge in [-0.25, -0.2) is 0 Å². The number of halogens is 2. The van der Waals surface area contributed by atoms with Gasteiger partial charge < -0.3 is 10.2 Å². The van der Waals surface area contributed by atoms with Gasteiger partial charge in [0.15, 0.2) is 0 Å². The number of thioether (sulfide) groups is 1. The smallest absolute Gasteiger partial charge is 0.242 e. The molecular weight excluding hydrogens is 451 g/mol. The molecule has 0 saturated heterocycles. The molecule has 7 heteroatoms. The number of rotatable bonds is 10. The number of aryl methyl sites for hydroxylation is 1. The van der Waals surface area contributed by atoms with Crippen LogP contribution < -0.4 is 5.32 Å². The minimum absolute atomic E-state index is 0.0446. The molecule has 4 nitrogen and oxygen atoms in total. The predicted octanol–water partition coefficient (Wildman–Crippen LogP) is 6.12. The van der Waals surface area contributed by atoms with Gasteiger partial charge in [-0.15, -0.1) is 11.8 Å². The zero-order valence-electron chi connectivity index (χ0n) is 18.5. The van der Waals surface area contributed by atoms with Gasteiger partial charge in [-0.3, -0.25) is 9.59 Å². The molecule has 0 aliphatic rings. The molecule has 0 heterocycles. The second kappa shape index (κ2) is 12.4. The summed E-state index contributed by atoms with van der Waals surface area (Å²) in [5, 5.41) is 3.98. The van der Waals surface area contributed by atoms with Crippen LogP contribution in [0.15, 0.2) is 47.4 Å². The van der Waals surface area contributed by atoms with Crippen molar-refractivity contribution in [3.8, 4) is 0 Å².